The highest BCUT2D eigenvalue weighted by atomic mass is 127. The fourth-order valence-electron chi connectivity index (χ4n) is 1.58. The van der Waals surface area contributed by atoms with Crippen LogP contribution in [-0.2, 0) is 4.79 Å². The summed E-state index contributed by atoms with van der Waals surface area (Å²) in [5.74, 6) is 0.618. The molecule has 1 heterocycles. The molecule has 0 aliphatic rings. The van der Waals surface area contributed by atoms with Crippen molar-refractivity contribution in [3.63, 3.8) is 0 Å². The highest BCUT2D eigenvalue weighted by molar-refractivity contribution is 14.1. The van der Waals surface area contributed by atoms with E-state index < -0.39 is 0 Å². The summed E-state index contributed by atoms with van der Waals surface area (Å²) in [5.41, 5.74) is 0.889. The first-order chi connectivity index (χ1) is 9.95. The third-order valence-electron chi connectivity index (χ3n) is 2.56. The SMILES string of the molecule is Cc1cc(I)cnc1NC(=O)COc1ccc(Cl)cc1Cl. The Morgan fingerprint density at radius 1 is 1.38 bits per heavy atom. The molecule has 0 aliphatic heterocycles. The minimum Gasteiger partial charge on any atom is -0.482 e. The van der Waals surface area contributed by atoms with Crippen LogP contribution in [0.1, 0.15) is 5.56 Å². The zero-order chi connectivity index (χ0) is 15.4. The lowest BCUT2D eigenvalue weighted by atomic mass is 10.3. The molecule has 1 aromatic carbocycles. The van der Waals surface area contributed by atoms with Crippen molar-refractivity contribution in [1.29, 1.82) is 0 Å². The summed E-state index contributed by atoms with van der Waals surface area (Å²) in [4.78, 5) is 16.0. The molecule has 0 atom stereocenters. The molecule has 110 valence electrons. The molecule has 0 saturated heterocycles. The number of nitrogens with one attached hydrogen (secondary N) is 1. The summed E-state index contributed by atoms with van der Waals surface area (Å²) in [6.45, 7) is 1.72. The van der Waals surface area contributed by atoms with Gasteiger partial charge in [-0.25, -0.2) is 4.98 Å². The van der Waals surface area contributed by atoms with Crippen molar-refractivity contribution in [1.82, 2.24) is 4.98 Å². The zero-order valence-corrected chi connectivity index (χ0v) is 14.7. The zero-order valence-electron chi connectivity index (χ0n) is 11.0. The maximum atomic E-state index is 11.9. The summed E-state index contributed by atoms with van der Waals surface area (Å²) in [6.07, 6.45) is 1.68. The van der Waals surface area contributed by atoms with Gasteiger partial charge in [-0.05, 0) is 59.3 Å². The van der Waals surface area contributed by atoms with E-state index in [1.807, 2.05) is 13.0 Å². The monoisotopic (exact) mass is 436 g/mol. The average molecular weight is 437 g/mol. The molecule has 0 radical (unpaired) electrons. The van der Waals surface area contributed by atoms with Gasteiger partial charge in [-0.2, -0.15) is 0 Å². The number of ether oxygens (including phenoxy) is 1. The molecule has 2 rings (SSSR count). The van der Waals surface area contributed by atoms with Crippen LogP contribution in [0.4, 0.5) is 5.82 Å². The molecule has 7 heteroatoms. The summed E-state index contributed by atoms with van der Waals surface area (Å²) >= 11 is 13.9. The number of aromatic nitrogens is 1. The molecule has 1 N–H and O–H groups in total. The fourth-order valence-corrected chi connectivity index (χ4v) is 2.64. The number of pyridine rings is 1. The normalized spacial score (nSPS) is 10.3. The minimum absolute atomic E-state index is 0.158. The van der Waals surface area contributed by atoms with Gasteiger partial charge in [0, 0.05) is 14.8 Å². The topological polar surface area (TPSA) is 51.2 Å². The van der Waals surface area contributed by atoms with E-state index in [1.54, 1.807) is 24.4 Å². The van der Waals surface area contributed by atoms with Gasteiger partial charge >= 0.3 is 0 Å². The van der Waals surface area contributed by atoms with E-state index in [1.165, 1.54) is 0 Å². The Kier molecular flexibility index (Phi) is 5.66. The van der Waals surface area contributed by atoms with Crippen molar-refractivity contribution < 1.29 is 9.53 Å². The van der Waals surface area contributed by atoms with E-state index in [9.17, 15) is 4.79 Å². The van der Waals surface area contributed by atoms with Gasteiger partial charge in [0.1, 0.15) is 11.6 Å². The van der Waals surface area contributed by atoms with Gasteiger partial charge in [0.05, 0.1) is 5.02 Å². The molecule has 21 heavy (non-hydrogen) atoms. The third-order valence-corrected chi connectivity index (χ3v) is 3.68. The van der Waals surface area contributed by atoms with Crippen LogP contribution >= 0.6 is 45.8 Å². The Labute approximate surface area is 145 Å². The Morgan fingerprint density at radius 3 is 2.81 bits per heavy atom. The molecule has 0 fully saturated rings. The van der Waals surface area contributed by atoms with Crippen molar-refractivity contribution in [3.8, 4) is 5.75 Å². The van der Waals surface area contributed by atoms with Gasteiger partial charge in [0.15, 0.2) is 6.61 Å². The van der Waals surface area contributed by atoms with Crippen LogP contribution in [0.25, 0.3) is 0 Å². The lowest BCUT2D eigenvalue weighted by molar-refractivity contribution is -0.118. The summed E-state index contributed by atoms with van der Waals surface area (Å²) < 4.78 is 6.36. The number of carbonyl (C=O) groups is 1. The van der Waals surface area contributed by atoms with Crippen LogP contribution in [0.3, 0.4) is 0 Å². The van der Waals surface area contributed by atoms with Gasteiger partial charge in [0.2, 0.25) is 0 Å². The van der Waals surface area contributed by atoms with Crippen molar-refractivity contribution >= 4 is 57.5 Å². The first-order valence-electron chi connectivity index (χ1n) is 5.95. The van der Waals surface area contributed by atoms with Crippen LogP contribution in [0.5, 0.6) is 5.75 Å². The molecule has 0 bridgehead atoms. The highest BCUT2D eigenvalue weighted by Gasteiger charge is 2.09. The Bertz CT molecular complexity index is 680. The first kappa shape index (κ1) is 16.3. The van der Waals surface area contributed by atoms with Crippen LogP contribution in [-0.4, -0.2) is 17.5 Å². The molecule has 0 saturated carbocycles. The second-order valence-electron chi connectivity index (χ2n) is 4.23. The van der Waals surface area contributed by atoms with Gasteiger partial charge in [0.25, 0.3) is 5.91 Å². The number of benzene rings is 1. The van der Waals surface area contributed by atoms with E-state index in [4.69, 9.17) is 27.9 Å². The Balaban J connectivity index is 1.96. The van der Waals surface area contributed by atoms with Crippen molar-refractivity contribution in [2.45, 2.75) is 6.92 Å². The molecule has 0 unspecified atom stereocenters. The number of amides is 1. The van der Waals surface area contributed by atoms with E-state index in [-0.39, 0.29) is 12.5 Å². The number of hydrogen-bond acceptors (Lipinski definition) is 3. The third kappa shape index (κ3) is 4.72. The predicted octanol–water partition coefficient (Wildman–Crippen LogP) is 4.32. The fraction of sp³-hybridized carbons (Fsp3) is 0.143. The standard InChI is InChI=1S/C14H11Cl2IN2O2/c1-8-4-10(17)6-18-14(8)19-13(20)7-21-12-3-2-9(15)5-11(12)16/h2-6H,7H2,1H3,(H,18,19,20). The first-order valence-corrected chi connectivity index (χ1v) is 7.79. The molecule has 4 nitrogen and oxygen atoms in total. The Morgan fingerprint density at radius 2 is 2.14 bits per heavy atom. The molecule has 0 spiro atoms. The number of aryl methyl sites for hydroxylation is 1. The van der Waals surface area contributed by atoms with E-state index in [0.29, 0.717) is 21.6 Å². The van der Waals surface area contributed by atoms with Crippen LogP contribution < -0.4 is 10.1 Å². The molecule has 1 aromatic heterocycles. The largest absolute Gasteiger partial charge is 0.482 e. The van der Waals surface area contributed by atoms with Crippen LogP contribution in [0, 0.1) is 10.5 Å². The van der Waals surface area contributed by atoms with Gasteiger partial charge < -0.3 is 10.1 Å². The molecule has 2 aromatic rings. The number of anilines is 1. The number of carbonyl (C=O) groups excluding carboxylic acids is 1. The molecule has 1 amide bonds. The second kappa shape index (κ2) is 7.29. The maximum Gasteiger partial charge on any atom is 0.263 e. The quantitative estimate of drug-likeness (QED) is 0.726. The van der Waals surface area contributed by atoms with Crippen LogP contribution in [0.2, 0.25) is 10.0 Å². The Hall–Kier alpha value is -1.05. The number of nitrogens with zero attached hydrogens (tertiary/aromatic N) is 1. The van der Waals surface area contributed by atoms with Gasteiger partial charge in [-0.15, -0.1) is 0 Å². The van der Waals surface area contributed by atoms with Gasteiger partial charge in [-0.3, -0.25) is 4.79 Å². The number of hydrogen-bond donors (Lipinski definition) is 1. The van der Waals surface area contributed by atoms with E-state index in [0.717, 1.165) is 9.13 Å². The van der Waals surface area contributed by atoms with Crippen molar-refractivity contribution in [3.05, 3.63) is 49.6 Å². The summed E-state index contributed by atoms with van der Waals surface area (Å²) in [6, 6.07) is 6.75. The molecule has 0 aliphatic carbocycles. The smallest absolute Gasteiger partial charge is 0.263 e. The molecular weight excluding hydrogens is 426 g/mol. The van der Waals surface area contributed by atoms with Gasteiger partial charge in [-0.1, -0.05) is 23.2 Å². The van der Waals surface area contributed by atoms with Crippen molar-refractivity contribution in [2.24, 2.45) is 0 Å². The minimum atomic E-state index is -0.308. The molecular formula is C14H11Cl2IN2O2. The second-order valence-corrected chi connectivity index (χ2v) is 6.32. The number of rotatable bonds is 4. The number of halogens is 3. The summed E-state index contributed by atoms with van der Waals surface area (Å²) in [7, 11) is 0. The lowest BCUT2D eigenvalue weighted by Crippen LogP contribution is -2.21. The van der Waals surface area contributed by atoms with Crippen molar-refractivity contribution in [2.75, 3.05) is 11.9 Å². The average Bonchev–Trinajstić information content (AvgIpc) is 2.41. The highest BCUT2D eigenvalue weighted by Crippen LogP contribution is 2.27. The predicted molar refractivity (Wildman–Crippen MR) is 92.3 cm³/mol. The maximum absolute atomic E-state index is 11.9. The van der Waals surface area contributed by atoms with Crippen LogP contribution in [0.15, 0.2) is 30.5 Å². The lowest BCUT2D eigenvalue weighted by Gasteiger charge is -2.10. The van der Waals surface area contributed by atoms with E-state index >= 15 is 0 Å². The van der Waals surface area contributed by atoms with E-state index in [2.05, 4.69) is 32.9 Å². The summed E-state index contributed by atoms with van der Waals surface area (Å²) in [5, 5.41) is 3.56.